The van der Waals surface area contributed by atoms with E-state index >= 15 is 0 Å². The zero-order valence-corrected chi connectivity index (χ0v) is 15.9. The van der Waals surface area contributed by atoms with E-state index in [9.17, 15) is 4.79 Å². The number of likely N-dealkylation sites (tertiary alicyclic amines) is 1. The summed E-state index contributed by atoms with van der Waals surface area (Å²) in [6.07, 6.45) is 4.02. The Balaban J connectivity index is 1.68. The fraction of sp³-hybridized carbons (Fsp3) is 0.667. The zero-order valence-electron chi connectivity index (χ0n) is 15.0. The molecule has 1 aromatic rings. The molecule has 0 saturated carbocycles. The van der Waals surface area contributed by atoms with Crippen LogP contribution in [0.3, 0.4) is 0 Å². The number of carbonyl (C=O) groups excluding carboxylic acids is 1. The summed E-state index contributed by atoms with van der Waals surface area (Å²) in [5.41, 5.74) is 0. The molecule has 0 radical (unpaired) electrons. The summed E-state index contributed by atoms with van der Waals surface area (Å²) in [6.45, 7) is 6.71. The highest BCUT2D eigenvalue weighted by molar-refractivity contribution is 7.10. The van der Waals surface area contributed by atoms with E-state index < -0.39 is 0 Å². The van der Waals surface area contributed by atoms with E-state index in [4.69, 9.17) is 0 Å². The Morgan fingerprint density at radius 1 is 1.46 bits per heavy atom. The van der Waals surface area contributed by atoms with E-state index in [1.165, 1.54) is 11.3 Å². The molecule has 2 unspecified atom stereocenters. The van der Waals surface area contributed by atoms with Crippen molar-refractivity contribution in [2.45, 2.75) is 51.5 Å². The van der Waals surface area contributed by atoms with Crippen molar-refractivity contribution in [2.75, 3.05) is 26.7 Å². The van der Waals surface area contributed by atoms with Crippen molar-refractivity contribution < 1.29 is 4.79 Å². The third-order valence-electron chi connectivity index (χ3n) is 4.58. The molecule has 1 aliphatic rings. The molecule has 1 aliphatic heterocycles. The largest absolute Gasteiger partial charge is 0.356 e. The van der Waals surface area contributed by atoms with Gasteiger partial charge in [0.2, 0.25) is 5.91 Å². The van der Waals surface area contributed by atoms with Crippen LogP contribution in [0.15, 0.2) is 22.5 Å². The van der Waals surface area contributed by atoms with Crippen LogP contribution in [-0.2, 0) is 4.79 Å². The average Bonchev–Trinajstić information content (AvgIpc) is 3.12. The van der Waals surface area contributed by atoms with Crippen LogP contribution in [0.5, 0.6) is 0 Å². The minimum absolute atomic E-state index is 0.247. The SMILES string of the molecule is CN=C(NCCC(=O)N1CCCCC1C)NCC(C)c1cccs1. The molecule has 0 aliphatic carbocycles. The second kappa shape index (κ2) is 9.67. The summed E-state index contributed by atoms with van der Waals surface area (Å²) < 4.78 is 0. The van der Waals surface area contributed by atoms with Gasteiger partial charge in [-0.2, -0.15) is 0 Å². The van der Waals surface area contributed by atoms with E-state index in [2.05, 4.69) is 47.0 Å². The first-order valence-corrected chi connectivity index (χ1v) is 9.77. The Hall–Kier alpha value is -1.56. The van der Waals surface area contributed by atoms with Gasteiger partial charge in [-0.05, 0) is 37.6 Å². The number of piperidine rings is 1. The van der Waals surface area contributed by atoms with Crippen LogP contribution >= 0.6 is 11.3 Å². The number of carbonyl (C=O) groups is 1. The summed E-state index contributed by atoms with van der Waals surface area (Å²) in [5.74, 6) is 1.45. The zero-order chi connectivity index (χ0) is 17.4. The molecule has 134 valence electrons. The minimum Gasteiger partial charge on any atom is -0.356 e. The Bertz CT molecular complexity index is 529. The van der Waals surface area contributed by atoms with E-state index in [1.807, 2.05) is 4.90 Å². The molecule has 24 heavy (non-hydrogen) atoms. The molecule has 2 N–H and O–H groups in total. The summed E-state index contributed by atoms with van der Waals surface area (Å²) in [6, 6.07) is 4.62. The van der Waals surface area contributed by atoms with Crippen molar-refractivity contribution >= 4 is 23.2 Å². The quantitative estimate of drug-likeness (QED) is 0.613. The van der Waals surface area contributed by atoms with E-state index in [-0.39, 0.29) is 5.91 Å². The minimum atomic E-state index is 0.247. The lowest BCUT2D eigenvalue weighted by Gasteiger charge is -2.33. The van der Waals surface area contributed by atoms with Gasteiger partial charge in [0, 0.05) is 49.9 Å². The number of hydrogen-bond acceptors (Lipinski definition) is 3. The molecule has 2 atom stereocenters. The number of thiophene rings is 1. The molecule has 1 saturated heterocycles. The second-order valence-electron chi connectivity index (χ2n) is 6.48. The lowest BCUT2D eigenvalue weighted by Crippen LogP contribution is -2.44. The van der Waals surface area contributed by atoms with Gasteiger partial charge < -0.3 is 15.5 Å². The maximum absolute atomic E-state index is 12.3. The van der Waals surface area contributed by atoms with Crippen molar-refractivity contribution in [1.82, 2.24) is 15.5 Å². The average molecular weight is 351 g/mol. The Morgan fingerprint density at radius 2 is 2.29 bits per heavy atom. The van der Waals surface area contributed by atoms with Crippen LogP contribution in [0, 0.1) is 0 Å². The van der Waals surface area contributed by atoms with Gasteiger partial charge in [-0.1, -0.05) is 13.0 Å². The molecular formula is C18H30N4OS. The predicted molar refractivity (Wildman–Crippen MR) is 102 cm³/mol. The summed E-state index contributed by atoms with van der Waals surface area (Å²) in [5, 5.41) is 8.69. The molecule has 0 aromatic carbocycles. The monoisotopic (exact) mass is 350 g/mol. The van der Waals surface area contributed by atoms with Gasteiger partial charge >= 0.3 is 0 Å². The van der Waals surface area contributed by atoms with Crippen molar-refractivity contribution in [3.63, 3.8) is 0 Å². The normalized spacial score (nSPS) is 19.9. The van der Waals surface area contributed by atoms with E-state index in [0.29, 0.717) is 24.9 Å². The van der Waals surface area contributed by atoms with E-state index in [1.54, 1.807) is 18.4 Å². The maximum atomic E-state index is 12.3. The van der Waals surface area contributed by atoms with Crippen molar-refractivity contribution in [3.8, 4) is 0 Å². The number of aliphatic imine (C=N–C) groups is 1. The third kappa shape index (κ3) is 5.51. The molecule has 1 amide bonds. The number of nitrogens with zero attached hydrogens (tertiary/aromatic N) is 2. The molecule has 0 spiro atoms. The van der Waals surface area contributed by atoms with Crippen molar-refractivity contribution in [3.05, 3.63) is 22.4 Å². The number of hydrogen-bond donors (Lipinski definition) is 2. The van der Waals surface area contributed by atoms with Gasteiger partial charge in [-0.3, -0.25) is 9.79 Å². The van der Waals surface area contributed by atoms with E-state index in [0.717, 1.165) is 31.9 Å². The first kappa shape index (κ1) is 18.8. The standard InChI is InChI=1S/C18H30N4OS/c1-14(16-8-6-12-24-16)13-21-18(19-3)20-10-9-17(23)22-11-5-4-7-15(22)2/h6,8,12,14-15H,4-5,7,9-11,13H2,1-3H3,(H2,19,20,21). The van der Waals surface area contributed by atoms with Crippen LogP contribution in [0.1, 0.15) is 50.3 Å². The smallest absolute Gasteiger partial charge is 0.224 e. The van der Waals surface area contributed by atoms with Crippen LogP contribution in [0.4, 0.5) is 0 Å². The van der Waals surface area contributed by atoms with Gasteiger partial charge in [-0.25, -0.2) is 0 Å². The number of nitrogens with one attached hydrogen (secondary N) is 2. The van der Waals surface area contributed by atoms with Crippen LogP contribution in [-0.4, -0.2) is 49.5 Å². The number of amides is 1. The Kier molecular flexibility index (Phi) is 7.56. The van der Waals surface area contributed by atoms with Gasteiger partial charge in [0.1, 0.15) is 0 Å². The molecule has 1 fully saturated rings. The fourth-order valence-corrected chi connectivity index (χ4v) is 3.83. The molecular weight excluding hydrogens is 320 g/mol. The summed E-state index contributed by atoms with van der Waals surface area (Å²) >= 11 is 1.78. The van der Waals surface area contributed by atoms with Crippen molar-refractivity contribution in [2.24, 2.45) is 4.99 Å². The molecule has 2 heterocycles. The van der Waals surface area contributed by atoms with Gasteiger partial charge in [-0.15, -0.1) is 11.3 Å². The number of guanidine groups is 1. The third-order valence-corrected chi connectivity index (χ3v) is 5.69. The highest BCUT2D eigenvalue weighted by atomic mass is 32.1. The lowest BCUT2D eigenvalue weighted by molar-refractivity contribution is -0.134. The summed E-state index contributed by atoms with van der Waals surface area (Å²) in [7, 11) is 1.76. The van der Waals surface area contributed by atoms with Crippen molar-refractivity contribution in [1.29, 1.82) is 0 Å². The first-order valence-electron chi connectivity index (χ1n) is 8.89. The highest BCUT2D eigenvalue weighted by Crippen LogP contribution is 2.19. The summed E-state index contributed by atoms with van der Waals surface area (Å²) in [4.78, 5) is 20.0. The van der Waals surface area contributed by atoms with Gasteiger partial charge in [0.25, 0.3) is 0 Å². The Labute approximate surface area is 149 Å². The predicted octanol–water partition coefficient (Wildman–Crippen LogP) is 2.81. The molecule has 5 nitrogen and oxygen atoms in total. The van der Waals surface area contributed by atoms with Gasteiger partial charge in [0.05, 0.1) is 0 Å². The van der Waals surface area contributed by atoms with Crippen LogP contribution in [0.2, 0.25) is 0 Å². The first-order chi connectivity index (χ1) is 11.6. The van der Waals surface area contributed by atoms with Crippen LogP contribution in [0.25, 0.3) is 0 Å². The molecule has 2 rings (SSSR count). The molecule has 6 heteroatoms. The second-order valence-corrected chi connectivity index (χ2v) is 7.46. The fourth-order valence-electron chi connectivity index (χ4n) is 3.04. The maximum Gasteiger partial charge on any atom is 0.224 e. The topological polar surface area (TPSA) is 56.7 Å². The van der Waals surface area contributed by atoms with Crippen LogP contribution < -0.4 is 10.6 Å². The number of rotatable bonds is 6. The Morgan fingerprint density at radius 3 is 2.96 bits per heavy atom. The lowest BCUT2D eigenvalue weighted by atomic mass is 10.0. The van der Waals surface area contributed by atoms with Gasteiger partial charge in [0.15, 0.2) is 5.96 Å². The molecule has 1 aromatic heterocycles. The molecule has 0 bridgehead atoms. The highest BCUT2D eigenvalue weighted by Gasteiger charge is 2.22.